The van der Waals surface area contributed by atoms with Crippen molar-refractivity contribution in [3.8, 4) is 0 Å². The van der Waals surface area contributed by atoms with E-state index in [-0.39, 0.29) is 5.54 Å². The topological polar surface area (TPSA) is 69.7 Å². The zero-order chi connectivity index (χ0) is 18.1. The Kier molecular flexibility index (Phi) is 8.43. The molecule has 0 aromatic heterocycles. The largest absolute Gasteiger partial charge is 0.451 e. The molecule has 1 aromatic rings. The lowest BCUT2D eigenvalue weighted by Gasteiger charge is -2.40. The van der Waals surface area contributed by atoms with Crippen LogP contribution in [0.25, 0.3) is 0 Å². The van der Waals surface area contributed by atoms with Gasteiger partial charge in [0.1, 0.15) is 0 Å². The summed E-state index contributed by atoms with van der Waals surface area (Å²) in [6.45, 7) is 5.67. The first-order valence-electron chi connectivity index (χ1n) is 9.88. The number of benzene rings is 1. The van der Waals surface area contributed by atoms with E-state index in [1.54, 1.807) is 0 Å². The summed E-state index contributed by atoms with van der Waals surface area (Å²) in [5, 5.41) is 17.8. The molecule has 2 rings (SSSR count). The van der Waals surface area contributed by atoms with Crippen molar-refractivity contribution in [3.63, 3.8) is 0 Å². The number of likely N-dealkylation sites (tertiary alicyclic amines) is 1. The first kappa shape index (κ1) is 20.4. The van der Waals surface area contributed by atoms with Crippen LogP contribution in [0.3, 0.4) is 0 Å². The Morgan fingerprint density at radius 1 is 1.12 bits per heavy atom. The van der Waals surface area contributed by atoms with E-state index >= 15 is 0 Å². The van der Waals surface area contributed by atoms with E-state index in [0.717, 1.165) is 38.8 Å². The molecule has 4 nitrogen and oxygen atoms in total. The summed E-state index contributed by atoms with van der Waals surface area (Å²) in [5.74, 6) is 0.580. The summed E-state index contributed by atoms with van der Waals surface area (Å²) in [4.78, 5) is 2.58. The van der Waals surface area contributed by atoms with Crippen LogP contribution in [0.5, 0.6) is 0 Å². The fourth-order valence-corrected chi connectivity index (χ4v) is 4.00. The zero-order valence-electron chi connectivity index (χ0n) is 15.7. The molecule has 0 radical (unpaired) electrons. The van der Waals surface area contributed by atoms with Crippen LogP contribution in [0.4, 0.5) is 0 Å². The predicted molar refractivity (Wildman–Crippen MR) is 105 cm³/mol. The second-order valence-corrected chi connectivity index (χ2v) is 7.94. The normalized spacial score (nSPS) is 18.9. The quantitative estimate of drug-likeness (QED) is 0.450. The van der Waals surface area contributed by atoms with Gasteiger partial charge in [0.2, 0.25) is 0 Å². The highest BCUT2D eigenvalue weighted by Gasteiger charge is 2.32. The minimum atomic E-state index is -1.18. The van der Waals surface area contributed by atoms with Gasteiger partial charge in [0.05, 0.1) is 0 Å². The first-order chi connectivity index (χ1) is 12.0. The number of piperidine rings is 1. The number of unbranched alkanes of at least 4 members (excludes halogenated alkanes) is 1. The van der Waals surface area contributed by atoms with Crippen LogP contribution in [0.15, 0.2) is 30.3 Å². The fourth-order valence-electron chi connectivity index (χ4n) is 4.00. The maximum absolute atomic E-state index is 8.92. The molecule has 0 spiro atoms. The van der Waals surface area contributed by atoms with Crippen molar-refractivity contribution < 1.29 is 10.0 Å². The lowest BCUT2D eigenvalue weighted by Crippen LogP contribution is -2.49. The number of nitrogens with two attached hydrogens (primary N) is 1. The molecule has 0 saturated carbocycles. The summed E-state index contributed by atoms with van der Waals surface area (Å²) in [7, 11) is -1.18. The van der Waals surface area contributed by atoms with Gasteiger partial charge < -0.3 is 20.7 Å². The van der Waals surface area contributed by atoms with Crippen molar-refractivity contribution in [1.82, 2.24) is 4.90 Å². The molecule has 1 aliphatic heterocycles. The molecule has 0 bridgehead atoms. The van der Waals surface area contributed by atoms with E-state index in [0.29, 0.717) is 12.2 Å². The maximum Gasteiger partial charge on any atom is 0.451 e. The Morgan fingerprint density at radius 3 is 2.44 bits per heavy atom. The number of aryl methyl sites for hydroxylation is 1. The van der Waals surface area contributed by atoms with Gasteiger partial charge in [-0.3, -0.25) is 0 Å². The molecule has 1 fully saturated rings. The first-order valence-corrected chi connectivity index (χ1v) is 9.88. The van der Waals surface area contributed by atoms with E-state index < -0.39 is 7.12 Å². The summed E-state index contributed by atoms with van der Waals surface area (Å²) in [5.41, 5.74) is 7.89. The molecule has 1 aliphatic rings. The summed E-state index contributed by atoms with van der Waals surface area (Å²) in [6, 6.07) is 10.7. The molecule has 1 atom stereocenters. The summed E-state index contributed by atoms with van der Waals surface area (Å²) < 4.78 is 0. The van der Waals surface area contributed by atoms with Gasteiger partial charge in [0.25, 0.3) is 0 Å². The van der Waals surface area contributed by atoms with Crippen molar-refractivity contribution in [2.24, 2.45) is 11.7 Å². The van der Waals surface area contributed by atoms with E-state index in [1.807, 2.05) is 0 Å². The highest BCUT2D eigenvalue weighted by molar-refractivity contribution is 6.40. The Bertz CT molecular complexity index is 474. The maximum atomic E-state index is 8.92. The molecular weight excluding hydrogens is 311 g/mol. The molecule has 1 heterocycles. The Balaban J connectivity index is 1.62. The summed E-state index contributed by atoms with van der Waals surface area (Å²) in [6.07, 6.45) is 7.98. The molecule has 140 valence electrons. The summed E-state index contributed by atoms with van der Waals surface area (Å²) >= 11 is 0. The lowest BCUT2D eigenvalue weighted by molar-refractivity contribution is 0.129. The highest BCUT2D eigenvalue weighted by Crippen LogP contribution is 2.30. The lowest BCUT2D eigenvalue weighted by atomic mass is 9.75. The van der Waals surface area contributed by atoms with Gasteiger partial charge in [-0.2, -0.15) is 0 Å². The number of hydrogen-bond acceptors (Lipinski definition) is 4. The van der Waals surface area contributed by atoms with Crippen molar-refractivity contribution in [3.05, 3.63) is 35.9 Å². The predicted octanol–water partition coefficient (Wildman–Crippen LogP) is 2.69. The number of hydrogen-bond donors (Lipinski definition) is 3. The number of nitrogens with zero attached hydrogens (tertiary/aromatic N) is 1. The van der Waals surface area contributed by atoms with Crippen molar-refractivity contribution in [2.45, 2.75) is 63.7 Å². The third-order valence-corrected chi connectivity index (χ3v) is 5.73. The SMILES string of the molecule is CC(N)(CCCCB(O)O)C1CCN(CCCc2ccccc2)CC1. The standard InChI is InChI=1S/C20H35BN2O2/c1-20(22,13-5-6-14-21(24)25)19-11-16-23(17-12-19)15-7-10-18-8-3-2-4-9-18/h2-4,8-9,19,24-25H,5-7,10-17,22H2,1H3. The third-order valence-electron chi connectivity index (χ3n) is 5.73. The van der Waals surface area contributed by atoms with Crippen LogP contribution in [-0.2, 0) is 6.42 Å². The molecule has 1 aromatic carbocycles. The van der Waals surface area contributed by atoms with E-state index in [4.69, 9.17) is 15.8 Å². The molecule has 1 saturated heterocycles. The van der Waals surface area contributed by atoms with Gasteiger partial charge in [-0.25, -0.2) is 0 Å². The third kappa shape index (κ3) is 7.49. The van der Waals surface area contributed by atoms with Gasteiger partial charge in [0, 0.05) is 5.54 Å². The van der Waals surface area contributed by atoms with Crippen molar-refractivity contribution in [1.29, 1.82) is 0 Å². The average molecular weight is 346 g/mol. The molecule has 5 heteroatoms. The molecule has 25 heavy (non-hydrogen) atoms. The minimum absolute atomic E-state index is 0.128. The van der Waals surface area contributed by atoms with E-state index in [2.05, 4.69) is 42.2 Å². The Labute approximate surface area is 153 Å². The van der Waals surface area contributed by atoms with E-state index in [1.165, 1.54) is 31.4 Å². The smallest absolute Gasteiger partial charge is 0.427 e. The van der Waals surface area contributed by atoms with Crippen molar-refractivity contribution >= 4 is 7.12 Å². The molecule has 1 unspecified atom stereocenters. The zero-order valence-corrected chi connectivity index (χ0v) is 15.7. The monoisotopic (exact) mass is 346 g/mol. The van der Waals surface area contributed by atoms with Gasteiger partial charge in [0.15, 0.2) is 0 Å². The van der Waals surface area contributed by atoms with Crippen molar-refractivity contribution in [2.75, 3.05) is 19.6 Å². The van der Waals surface area contributed by atoms with Gasteiger partial charge >= 0.3 is 7.12 Å². The van der Waals surface area contributed by atoms with Crippen LogP contribution < -0.4 is 5.73 Å². The van der Waals surface area contributed by atoms with Crippen LogP contribution in [0.2, 0.25) is 6.32 Å². The van der Waals surface area contributed by atoms with Crippen LogP contribution >= 0.6 is 0 Å². The average Bonchev–Trinajstić information content (AvgIpc) is 2.60. The molecule has 0 aliphatic carbocycles. The van der Waals surface area contributed by atoms with Crippen LogP contribution in [-0.4, -0.2) is 47.2 Å². The second kappa shape index (κ2) is 10.3. The molecule has 0 amide bonds. The second-order valence-electron chi connectivity index (χ2n) is 7.94. The molecular formula is C20H35BN2O2. The fraction of sp³-hybridized carbons (Fsp3) is 0.700. The number of rotatable bonds is 10. The van der Waals surface area contributed by atoms with Gasteiger partial charge in [-0.05, 0) is 76.5 Å². The Morgan fingerprint density at radius 2 is 1.80 bits per heavy atom. The minimum Gasteiger partial charge on any atom is -0.427 e. The Hall–Kier alpha value is -0.875. The van der Waals surface area contributed by atoms with Crippen LogP contribution in [0, 0.1) is 5.92 Å². The van der Waals surface area contributed by atoms with Crippen LogP contribution in [0.1, 0.15) is 51.0 Å². The molecule has 4 N–H and O–H groups in total. The van der Waals surface area contributed by atoms with E-state index in [9.17, 15) is 0 Å². The van der Waals surface area contributed by atoms with Gasteiger partial charge in [-0.1, -0.05) is 43.2 Å². The highest BCUT2D eigenvalue weighted by atomic mass is 16.4. The van der Waals surface area contributed by atoms with Gasteiger partial charge in [-0.15, -0.1) is 0 Å².